The van der Waals surface area contributed by atoms with Gasteiger partial charge in [-0.05, 0) is 48.5 Å². The minimum atomic E-state index is -0.102. The van der Waals surface area contributed by atoms with Crippen LogP contribution in [0.1, 0.15) is 15.9 Å². The smallest absolute Gasteiger partial charge is 0.193 e. The Labute approximate surface area is 178 Å². The van der Waals surface area contributed by atoms with E-state index in [4.69, 9.17) is 25.8 Å². The highest BCUT2D eigenvalue weighted by molar-refractivity contribution is 6.31. The van der Waals surface area contributed by atoms with Crippen LogP contribution in [0.25, 0.3) is 10.9 Å². The number of aromatic nitrogens is 1. The van der Waals surface area contributed by atoms with Crippen molar-refractivity contribution in [3.8, 4) is 23.0 Å². The van der Waals surface area contributed by atoms with Crippen molar-refractivity contribution in [1.29, 1.82) is 0 Å². The highest BCUT2D eigenvalue weighted by Crippen LogP contribution is 2.36. The second kappa shape index (κ2) is 8.43. The van der Waals surface area contributed by atoms with Crippen LogP contribution in [0, 0.1) is 0 Å². The molecule has 0 saturated heterocycles. The summed E-state index contributed by atoms with van der Waals surface area (Å²) in [4.78, 5) is 17.0. The summed E-state index contributed by atoms with van der Waals surface area (Å²) in [7, 11) is 3.16. The Hall–Kier alpha value is -3.57. The lowest BCUT2D eigenvalue weighted by Crippen LogP contribution is -2.00. The highest BCUT2D eigenvalue weighted by atomic mass is 35.5. The van der Waals surface area contributed by atoms with Gasteiger partial charge in [0.1, 0.15) is 11.5 Å². The normalized spacial score (nSPS) is 10.6. The first-order valence-electron chi connectivity index (χ1n) is 9.18. The third-order valence-corrected chi connectivity index (χ3v) is 4.87. The molecule has 0 fully saturated rings. The lowest BCUT2D eigenvalue weighted by Gasteiger charge is -2.12. The number of halogens is 1. The Morgan fingerprint density at radius 1 is 0.833 bits per heavy atom. The quantitative estimate of drug-likeness (QED) is 0.362. The molecule has 0 bridgehead atoms. The Morgan fingerprint density at radius 2 is 1.57 bits per heavy atom. The molecule has 4 rings (SSSR count). The van der Waals surface area contributed by atoms with Crippen molar-refractivity contribution in [2.75, 3.05) is 14.2 Å². The fraction of sp³-hybridized carbons (Fsp3) is 0.0833. The number of ether oxygens (including phenoxy) is 3. The molecule has 0 radical (unpaired) electrons. The summed E-state index contributed by atoms with van der Waals surface area (Å²) in [6, 6.07) is 19.2. The second-order valence-electron chi connectivity index (χ2n) is 6.50. The summed E-state index contributed by atoms with van der Waals surface area (Å²) < 4.78 is 16.8. The zero-order valence-electron chi connectivity index (χ0n) is 16.4. The van der Waals surface area contributed by atoms with Gasteiger partial charge in [-0.2, -0.15) is 0 Å². The minimum Gasteiger partial charge on any atom is -0.493 e. The standard InChI is InChI=1S/C24H18ClNO4/c1-28-22-13-19-20(14-23(22)29-2)26-11-10-21(19)30-18-8-6-15(7-9-18)24(27)16-4-3-5-17(25)12-16/h3-14H,1-2H3. The maximum Gasteiger partial charge on any atom is 0.193 e. The molecule has 3 aromatic carbocycles. The van der Waals surface area contributed by atoms with E-state index in [-0.39, 0.29) is 5.78 Å². The van der Waals surface area contributed by atoms with Crippen LogP contribution in [0.3, 0.4) is 0 Å². The number of hydrogen-bond acceptors (Lipinski definition) is 5. The average Bonchev–Trinajstić information content (AvgIpc) is 2.78. The van der Waals surface area contributed by atoms with E-state index in [1.807, 2.05) is 6.07 Å². The average molecular weight is 420 g/mol. The van der Waals surface area contributed by atoms with E-state index in [2.05, 4.69) is 4.98 Å². The Morgan fingerprint density at radius 3 is 2.27 bits per heavy atom. The minimum absolute atomic E-state index is 0.102. The van der Waals surface area contributed by atoms with Crippen LogP contribution in [-0.4, -0.2) is 25.0 Å². The Balaban J connectivity index is 1.62. The van der Waals surface area contributed by atoms with Crippen LogP contribution < -0.4 is 14.2 Å². The fourth-order valence-electron chi connectivity index (χ4n) is 3.13. The molecule has 0 aliphatic rings. The molecule has 150 valence electrons. The predicted octanol–water partition coefficient (Wildman–Crippen LogP) is 5.93. The lowest BCUT2D eigenvalue weighted by molar-refractivity contribution is 0.103. The van der Waals surface area contributed by atoms with Crippen molar-refractivity contribution < 1.29 is 19.0 Å². The molecule has 0 atom stereocenters. The lowest BCUT2D eigenvalue weighted by atomic mass is 10.0. The van der Waals surface area contributed by atoms with Crippen molar-refractivity contribution in [2.45, 2.75) is 0 Å². The number of nitrogens with zero attached hydrogens (tertiary/aromatic N) is 1. The number of fused-ring (bicyclic) bond motifs is 1. The largest absolute Gasteiger partial charge is 0.493 e. The highest BCUT2D eigenvalue weighted by Gasteiger charge is 2.13. The van der Waals surface area contributed by atoms with Gasteiger partial charge < -0.3 is 14.2 Å². The van der Waals surface area contributed by atoms with Crippen LogP contribution in [0.15, 0.2) is 72.9 Å². The third kappa shape index (κ3) is 3.93. The molecule has 0 aliphatic carbocycles. The van der Waals surface area contributed by atoms with E-state index in [0.29, 0.717) is 39.1 Å². The second-order valence-corrected chi connectivity index (χ2v) is 6.94. The molecule has 0 spiro atoms. The van der Waals surface area contributed by atoms with Crippen molar-refractivity contribution in [3.63, 3.8) is 0 Å². The number of carbonyl (C=O) groups excluding carboxylic acids is 1. The molecule has 0 amide bonds. The van der Waals surface area contributed by atoms with E-state index < -0.39 is 0 Å². The van der Waals surface area contributed by atoms with E-state index in [1.165, 1.54) is 0 Å². The summed E-state index contributed by atoms with van der Waals surface area (Å²) in [6.07, 6.45) is 1.67. The molecule has 0 aliphatic heterocycles. The van der Waals surface area contributed by atoms with Crippen LogP contribution in [0.4, 0.5) is 0 Å². The van der Waals surface area contributed by atoms with Gasteiger partial charge in [0.2, 0.25) is 0 Å². The van der Waals surface area contributed by atoms with Gasteiger partial charge in [0, 0.05) is 33.8 Å². The molecular formula is C24H18ClNO4. The zero-order chi connectivity index (χ0) is 21.1. The van der Waals surface area contributed by atoms with Gasteiger partial charge in [0.15, 0.2) is 17.3 Å². The molecule has 5 nitrogen and oxygen atoms in total. The van der Waals surface area contributed by atoms with Crippen molar-refractivity contribution in [2.24, 2.45) is 0 Å². The number of ketones is 1. The van der Waals surface area contributed by atoms with Gasteiger partial charge in [-0.1, -0.05) is 23.7 Å². The molecule has 1 aromatic heterocycles. The number of benzene rings is 3. The van der Waals surface area contributed by atoms with E-state index in [0.717, 1.165) is 10.9 Å². The van der Waals surface area contributed by atoms with E-state index in [9.17, 15) is 4.79 Å². The SMILES string of the molecule is COc1cc2nccc(Oc3ccc(C(=O)c4cccc(Cl)c4)cc3)c2cc1OC. The zero-order valence-corrected chi connectivity index (χ0v) is 17.1. The summed E-state index contributed by atoms with van der Waals surface area (Å²) in [5.41, 5.74) is 1.81. The Bertz CT molecular complexity index is 1220. The first-order chi connectivity index (χ1) is 14.6. The van der Waals surface area contributed by atoms with Crippen molar-refractivity contribution in [1.82, 2.24) is 4.98 Å². The molecule has 0 saturated carbocycles. The summed E-state index contributed by atoms with van der Waals surface area (Å²) in [5, 5.41) is 1.31. The monoisotopic (exact) mass is 419 g/mol. The van der Waals surface area contributed by atoms with Gasteiger partial charge >= 0.3 is 0 Å². The predicted molar refractivity (Wildman–Crippen MR) is 116 cm³/mol. The summed E-state index contributed by atoms with van der Waals surface area (Å²) >= 11 is 5.99. The molecule has 1 heterocycles. The number of rotatable bonds is 6. The van der Waals surface area contributed by atoms with Crippen LogP contribution in [-0.2, 0) is 0 Å². The van der Waals surface area contributed by atoms with Crippen LogP contribution in [0.5, 0.6) is 23.0 Å². The first kappa shape index (κ1) is 19.7. The summed E-state index contributed by atoms with van der Waals surface area (Å²) in [5.74, 6) is 2.30. The molecule has 30 heavy (non-hydrogen) atoms. The number of methoxy groups -OCH3 is 2. The number of hydrogen-bond donors (Lipinski definition) is 0. The van der Waals surface area contributed by atoms with E-state index in [1.54, 1.807) is 81.1 Å². The van der Waals surface area contributed by atoms with Gasteiger partial charge in [-0.15, -0.1) is 0 Å². The number of carbonyl (C=O) groups is 1. The molecule has 6 heteroatoms. The fourth-order valence-corrected chi connectivity index (χ4v) is 3.32. The summed E-state index contributed by atoms with van der Waals surface area (Å²) in [6.45, 7) is 0. The van der Waals surface area contributed by atoms with Crippen LogP contribution in [0.2, 0.25) is 5.02 Å². The van der Waals surface area contributed by atoms with Gasteiger partial charge in [0.05, 0.1) is 19.7 Å². The van der Waals surface area contributed by atoms with Crippen LogP contribution >= 0.6 is 11.6 Å². The van der Waals surface area contributed by atoms with Gasteiger partial charge in [-0.25, -0.2) is 0 Å². The molecule has 0 unspecified atom stereocenters. The molecule has 0 N–H and O–H groups in total. The van der Waals surface area contributed by atoms with E-state index >= 15 is 0 Å². The maximum atomic E-state index is 12.6. The van der Waals surface area contributed by atoms with Crippen molar-refractivity contribution >= 4 is 28.3 Å². The van der Waals surface area contributed by atoms with Gasteiger partial charge in [0.25, 0.3) is 0 Å². The molecule has 4 aromatic rings. The van der Waals surface area contributed by atoms with Crippen molar-refractivity contribution in [3.05, 3.63) is 89.1 Å². The molecular weight excluding hydrogens is 402 g/mol. The maximum absolute atomic E-state index is 12.6. The third-order valence-electron chi connectivity index (χ3n) is 4.64. The number of pyridine rings is 1. The first-order valence-corrected chi connectivity index (χ1v) is 9.56. The topological polar surface area (TPSA) is 57.7 Å². The Kier molecular flexibility index (Phi) is 5.55. The van der Waals surface area contributed by atoms with Gasteiger partial charge in [-0.3, -0.25) is 9.78 Å².